The van der Waals surface area contributed by atoms with Gasteiger partial charge in [-0.25, -0.2) is 0 Å². The van der Waals surface area contributed by atoms with Gasteiger partial charge in [0.2, 0.25) is 0 Å². The number of aliphatic hydroxyl groups is 1. The normalized spacial score (nSPS) is 27.7. The number of β-amino-alcohol motifs (C(OH)–C–C–N with tert-alkyl or cyclic N) is 1. The Kier molecular flexibility index (Phi) is 7.15. The molecule has 1 aliphatic rings. The fourth-order valence-corrected chi connectivity index (χ4v) is 2.62. The summed E-state index contributed by atoms with van der Waals surface area (Å²) in [6, 6.07) is 0.635. The van der Waals surface area contributed by atoms with Crippen LogP contribution in [-0.2, 0) is 4.74 Å². The first-order valence-electron chi connectivity index (χ1n) is 7.28. The van der Waals surface area contributed by atoms with Crippen molar-refractivity contribution in [2.45, 2.75) is 52.4 Å². The number of ether oxygens (including phenoxy) is 1. The third-order valence-corrected chi connectivity index (χ3v) is 3.55. The van der Waals surface area contributed by atoms with Crippen molar-refractivity contribution in [3.8, 4) is 0 Å². The van der Waals surface area contributed by atoms with Gasteiger partial charge in [-0.2, -0.15) is 0 Å². The van der Waals surface area contributed by atoms with Crippen LogP contribution in [0.15, 0.2) is 0 Å². The lowest BCUT2D eigenvalue weighted by molar-refractivity contribution is -0.0148. The second-order valence-electron chi connectivity index (χ2n) is 5.73. The molecule has 18 heavy (non-hydrogen) atoms. The van der Waals surface area contributed by atoms with Crippen LogP contribution in [0.25, 0.3) is 0 Å². The summed E-state index contributed by atoms with van der Waals surface area (Å²) in [6.07, 6.45) is 1.00. The minimum atomic E-state index is -0.365. The fourth-order valence-electron chi connectivity index (χ4n) is 2.62. The number of nitrogens with one attached hydrogen (secondary N) is 1. The van der Waals surface area contributed by atoms with Crippen LogP contribution in [0.4, 0.5) is 0 Å². The van der Waals surface area contributed by atoms with Crippen molar-refractivity contribution in [1.82, 2.24) is 10.2 Å². The topological polar surface area (TPSA) is 44.7 Å². The highest BCUT2D eigenvalue weighted by atomic mass is 16.5. The zero-order valence-electron chi connectivity index (χ0n) is 12.4. The lowest BCUT2D eigenvalue weighted by Gasteiger charge is -2.38. The van der Waals surface area contributed by atoms with E-state index in [4.69, 9.17) is 4.74 Å². The summed E-state index contributed by atoms with van der Waals surface area (Å²) in [5.74, 6) is 0.650. The van der Waals surface area contributed by atoms with E-state index in [1.54, 1.807) is 0 Å². The molecule has 0 bridgehead atoms. The monoisotopic (exact) mass is 258 g/mol. The van der Waals surface area contributed by atoms with Crippen LogP contribution in [0.1, 0.15) is 34.1 Å². The van der Waals surface area contributed by atoms with Gasteiger partial charge in [0.05, 0.1) is 18.8 Å². The molecule has 2 N–H and O–H groups in total. The van der Waals surface area contributed by atoms with E-state index in [2.05, 4.69) is 24.1 Å². The summed E-state index contributed by atoms with van der Waals surface area (Å²) in [6.45, 7) is 12.8. The molecule has 1 rings (SSSR count). The first-order valence-corrected chi connectivity index (χ1v) is 7.28. The van der Waals surface area contributed by atoms with E-state index in [-0.39, 0.29) is 12.2 Å². The molecule has 0 aromatic rings. The van der Waals surface area contributed by atoms with Gasteiger partial charge in [0.25, 0.3) is 0 Å². The third kappa shape index (κ3) is 5.65. The highest BCUT2D eigenvalue weighted by molar-refractivity contribution is 4.83. The summed E-state index contributed by atoms with van der Waals surface area (Å²) in [4.78, 5) is 2.35. The Labute approximate surface area is 112 Å². The quantitative estimate of drug-likeness (QED) is 0.717. The van der Waals surface area contributed by atoms with Crippen molar-refractivity contribution < 1.29 is 9.84 Å². The number of hydrogen-bond acceptors (Lipinski definition) is 4. The molecular formula is C14H30N2O2. The first-order chi connectivity index (χ1) is 8.52. The molecule has 0 spiro atoms. The van der Waals surface area contributed by atoms with Crippen LogP contribution in [0.2, 0.25) is 0 Å². The van der Waals surface area contributed by atoms with Gasteiger partial charge in [0, 0.05) is 19.1 Å². The standard InChI is InChI=1S/C14H30N2O2/c1-5-15-14-6-7-16(8-12(14)4)9-13(17)10-18-11(2)3/h11-15,17H,5-10H2,1-4H3. The number of piperidine rings is 1. The summed E-state index contributed by atoms with van der Waals surface area (Å²) in [5, 5.41) is 13.5. The van der Waals surface area contributed by atoms with Crippen molar-refractivity contribution in [2.75, 3.05) is 32.8 Å². The Morgan fingerprint density at radius 2 is 2.17 bits per heavy atom. The van der Waals surface area contributed by atoms with Gasteiger partial charge in [0.15, 0.2) is 0 Å². The number of aliphatic hydroxyl groups excluding tert-OH is 1. The van der Waals surface area contributed by atoms with E-state index in [1.807, 2.05) is 13.8 Å². The van der Waals surface area contributed by atoms with Gasteiger partial charge >= 0.3 is 0 Å². The molecule has 4 heteroatoms. The van der Waals surface area contributed by atoms with Crippen molar-refractivity contribution in [3.05, 3.63) is 0 Å². The zero-order valence-corrected chi connectivity index (χ0v) is 12.4. The fraction of sp³-hybridized carbons (Fsp3) is 1.00. The van der Waals surface area contributed by atoms with Crippen LogP contribution in [-0.4, -0.2) is 61.0 Å². The Balaban J connectivity index is 2.24. The SMILES string of the molecule is CCNC1CCN(CC(O)COC(C)C)CC1C. The minimum Gasteiger partial charge on any atom is -0.389 e. The number of rotatable bonds is 7. The van der Waals surface area contributed by atoms with Crippen molar-refractivity contribution in [3.63, 3.8) is 0 Å². The number of likely N-dealkylation sites (tertiary alicyclic amines) is 1. The molecule has 0 radical (unpaired) electrons. The molecule has 0 aromatic carbocycles. The lowest BCUT2D eigenvalue weighted by Crippen LogP contribution is -2.50. The molecule has 108 valence electrons. The highest BCUT2D eigenvalue weighted by Crippen LogP contribution is 2.16. The molecule has 4 nitrogen and oxygen atoms in total. The molecule has 1 heterocycles. The second-order valence-corrected chi connectivity index (χ2v) is 5.73. The Morgan fingerprint density at radius 3 is 2.72 bits per heavy atom. The van der Waals surface area contributed by atoms with Crippen LogP contribution in [0.3, 0.4) is 0 Å². The Bertz CT molecular complexity index is 224. The summed E-state index contributed by atoms with van der Waals surface area (Å²) in [5.41, 5.74) is 0. The number of hydrogen-bond donors (Lipinski definition) is 2. The maximum absolute atomic E-state index is 9.92. The van der Waals surface area contributed by atoms with Gasteiger partial charge in [0.1, 0.15) is 0 Å². The van der Waals surface area contributed by atoms with Gasteiger partial charge in [-0.15, -0.1) is 0 Å². The van der Waals surface area contributed by atoms with Crippen LogP contribution in [0.5, 0.6) is 0 Å². The van der Waals surface area contributed by atoms with Gasteiger partial charge < -0.3 is 20.1 Å². The van der Waals surface area contributed by atoms with Crippen LogP contribution < -0.4 is 5.32 Å². The summed E-state index contributed by atoms with van der Waals surface area (Å²) in [7, 11) is 0. The van der Waals surface area contributed by atoms with Gasteiger partial charge in [-0.3, -0.25) is 0 Å². The summed E-state index contributed by atoms with van der Waals surface area (Å²) >= 11 is 0. The minimum absolute atomic E-state index is 0.193. The molecule has 1 saturated heterocycles. The third-order valence-electron chi connectivity index (χ3n) is 3.55. The van der Waals surface area contributed by atoms with Crippen molar-refractivity contribution in [2.24, 2.45) is 5.92 Å². The largest absolute Gasteiger partial charge is 0.389 e. The van der Waals surface area contributed by atoms with E-state index >= 15 is 0 Å². The van der Waals surface area contributed by atoms with Gasteiger partial charge in [-0.05, 0) is 39.3 Å². The molecule has 1 aliphatic heterocycles. The van der Waals surface area contributed by atoms with Crippen molar-refractivity contribution >= 4 is 0 Å². The average molecular weight is 258 g/mol. The number of nitrogens with zero attached hydrogens (tertiary/aromatic N) is 1. The summed E-state index contributed by atoms with van der Waals surface area (Å²) < 4.78 is 5.44. The highest BCUT2D eigenvalue weighted by Gasteiger charge is 2.26. The molecule has 0 aromatic heterocycles. The first kappa shape index (κ1) is 15.9. The maximum Gasteiger partial charge on any atom is 0.0900 e. The van der Waals surface area contributed by atoms with E-state index in [0.717, 1.165) is 26.2 Å². The van der Waals surface area contributed by atoms with E-state index in [1.165, 1.54) is 6.42 Å². The predicted octanol–water partition coefficient (Wildman–Crippen LogP) is 1.09. The van der Waals surface area contributed by atoms with Crippen LogP contribution in [0, 0.1) is 5.92 Å². The molecule has 3 unspecified atom stereocenters. The lowest BCUT2D eigenvalue weighted by atomic mass is 9.93. The van der Waals surface area contributed by atoms with Crippen molar-refractivity contribution in [1.29, 1.82) is 0 Å². The molecular weight excluding hydrogens is 228 g/mol. The van der Waals surface area contributed by atoms with E-state index in [9.17, 15) is 5.11 Å². The molecule has 0 saturated carbocycles. The van der Waals surface area contributed by atoms with E-state index < -0.39 is 0 Å². The molecule has 1 fully saturated rings. The average Bonchev–Trinajstić information content (AvgIpc) is 2.30. The Morgan fingerprint density at radius 1 is 1.44 bits per heavy atom. The smallest absolute Gasteiger partial charge is 0.0900 e. The second kappa shape index (κ2) is 8.10. The zero-order chi connectivity index (χ0) is 13.5. The molecule has 3 atom stereocenters. The van der Waals surface area contributed by atoms with E-state index in [0.29, 0.717) is 18.6 Å². The molecule has 0 amide bonds. The van der Waals surface area contributed by atoms with Gasteiger partial charge in [-0.1, -0.05) is 13.8 Å². The molecule has 0 aliphatic carbocycles. The maximum atomic E-state index is 9.92. The Hall–Kier alpha value is -0.160. The predicted molar refractivity (Wildman–Crippen MR) is 74.8 cm³/mol. The van der Waals surface area contributed by atoms with Crippen LogP contribution >= 0.6 is 0 Å².